The van der Waals surface area contributed by atoms with Gasteiger partial charge < -0.3 is 10.0 Å². The second kappa shape index (κ2) is 7.00. The summed E-state index contributed by atoms with van der Waals surface area (Å²) >= 11 is 1.23. The van der Waals surface area contributed by atoms with Gasteiger partial charge in [0.15, 0.2) is 0 Å². The topological polar surface area (TPSA) is 40.5 Å². The summed E-state index contributed by atoms with van der Waals surface area (Å²) in [6.07, 6.45) is -1.19. The molecule has 0 rings (SSSR count). The molecule has 1 atom stereocenters. The van der Waals surface area contributed by atoms with Gasteiger partial charge in [-0.1, -0.05) is 32.9 Å². The Morgan fingerprint density at radius 2 is 1.83 bits per heavy atom. The van der Waals surface area contributed by atoms with Crippen LogP contribution >= 0.6 is 11.6 Å². The molecule has 0 aromatic heterocycles. The van der Waals surface area contributed by atoms with Gasteiger partial charge in [-0.05, 0) is 11.3 Å². The standard InChI is InChI=1S/C7H18BO2SSi/c1-4-12(5-2)7(3)6-11-8(9)10/h7,9-10H,4-6H2,1-3H3. The first-order chi connectivity index (χ1) is 5.61. The van der Waals surface area contributed by atoms with Crippen LogP contribution in [0.1, 0.15) is 20.8 Å². The molecule has 0 fully saturated rings. The molecule has 0 heterocycles. The van der Waals surface area contributed by atoms with E-state index in [0.717, 1.165) is 5.75 Å². The highest BCUT2D eigenvalue weighted by molar-refractivity contribution is 8.23. The van der Waals surface area contributed by atoms with E-state index in [9.17, 15) is 0 Å². The zero-order valence-corrected chi connectivity index (χ0v) is 9.90. The molecule has 0 aromatic carbocycles. The average molecular weight is 205 g/mol. The lowest BCUT2D eigenvalue weighted by Crippen LogP contribution is -2.19. The monoisotopic (exact) mass is 205 g/mol. The van der Waals surface area contributed by atoms with Gasteiger partial charge >= 0.3 is 6.40 Å². The van der Waals surface area contributed by atoms with E-state index in [-0.39, 0.29) is 8.80 Å². The van der Waals surface area contributed by atoms with Crippen molar-refractivity contribution in [2.75, 3.05) is 5.75 Å². The van der Waals surface area contributed by atoms with Crippen LogP contribution in [0.4, 0.5) is 0 Å². The molecule has 1 unspecified atom stereocenters. The molecule has 5 heteroatoms. The molecule has 0 aromatic rings. The van der Waals surface area contributed by atoms with Gasteiger partial charge in [-0.3, -0.25) is 0 Å². The summed E-state index contributed by atoms with van der Waals surface area (Å²) in [7, 11) is -0.240. The molecule has 0 aliphatic carbocycles. The molecule has 2 nitrogen and oxygen atoms in total. The molecular weight excluding hydrogens is 187 g/mol. The van der Waals surface area contributed by atoms with Gasteiger partial charge in [0.2, 0.25) is 0 Å². The molecule has 0 amide bonds. The van der Waals surface area contributed by atoms with E-state index < -0.39 is 6.40 Å². The van der Waals surface area contributed by atoms with Crippen LogP contribution in [0.15, 0.2) is 0 Å². The Morgan fingerprint density at radius 1 is 1.33 bits per heavy atom. The van der Waals surface area contributed by atoms with Crippen LogP contribution in [-0.2, 0) is 0 Å². The number of hydrogen-bond acceptors (Lipinski definition) is 3. The molecule has 0 aliphatic rings. The normalized spacial score (nSPS) is 13.5. The molecule has 0 saturated carbocycles. The van der Waals surface area contributed by atoms with Gasteiger partial charge in [-0.15, -0.1) is 11.6 Å². The van der Waals surface area contributed by atoms with Crippen molar-refractivity contribution in [1.82, 2.24) is 0 Å². The van der Waals surface area contributed by atoms with Gasteiger partial charge in [0.25, 0.3) is 0 Å². The quantitative estimate of drug-likeness (QED) is 0.647. The number of rotatable bonds is 6. The van der Waals surface area contributed by atoms with Gasteiger partial charge in [-0.25, -0.2) is 0 Å². The van der Waals surface area contributed by atoms with Gasteiger partial charge in [-0.2, -0.15) is 0 Å². The second-order valence-corrected chi connectivity index (χ2v) is 7.73. The summed E-state index contributed by atoms with van der Waals surface area (Å²) in [5.74, 6) is 0.883. The highest BCUT2D eigenvalue weighted by Gasteiger charge is 2.18. The Kier molecular flexibility index (Phi) is 7.33. The largest absolute Gasteiger partial charge is 0.525 e. The maximum Gasteiger partial charge on any atom is 0.525 e. The fraction of sp³-hybridized carbons (Fsp3) is 1.00. The van der Waals surface area contributed by atoms with E-state index >= 15 is 0 Å². The third-order valence-electron chi connectivity index (χ3n) is 2.10. The van der Waals surface area contributed by atoms with Crippen molar-refractivity contribution < 1.29 is 10.0 Å². The zero-order valence-electron chi connectivity index (χ0n) is 8.08. The minimum atomic E-state index is -1.19. The third kappa shape index (κ3) is 5.24. The maximum absolute atomic E-state index is 8.66. The van der Waals surface area contributed by atoms with E-state index in [1.54, 1.807) is 0 Å². The van der Waals surface area contributed by atoms with E-state index in [2.05, 4.69) is 20.8 Å². The first-order valence-electron chi connectivity index (χ1n) is 4.44. The van der Waals surface area contributed by atoms with Crippen LogP contribution in [0.5, 0.6) is 0 Å². The van der Waals surface area contributed by atoms with Crippen molar-refractivity contribution >= 4 is 26.8 Å². The lowest BCUT2D eigenvalue weighted by molar-refractivity contribution is 0.438. The second-order valence-electron chi connectivity index (χ2n) is 2.93. The Morgan fingerprint density at radius 3 is 2.17 bits per heavy atom. The predicted molar refractivity (Wildman–Crippen MR) is 58.8 cm³/mol. The fourth-order valence-corrected chi connectivity index (χ4v) is 4.88. The van der Waals surface area contributed by atoms with Crippen LogP contribution in [-0.4, -0.2) is 31.0 Å². The molecule has 1 radical (unpaired) electrons. The van der Waals surface area contributed by atoms with Crippen molar-refractivity contribution in [3.63, 3.8) is 0 Å². The summed E-state index contributed by atoms with van der Waals surface area (Å²) < 4.78 is 0. The van der Waals surface area contributed by atoms with Crippen molar-refractivity contribution in [2.24, 2.45) is 0 Å². The minimum Gasteiger partial charge on any atom is -0.418 e. The molecule has 71 valence electrons. The Hall–Kier alpha value is 0.552. The molecular formula is C7H18BO2SSi. The van der Waals surface area contributed by atoms with E-state index in [1.807, 2.05) is 0 Å². The van der Waals surface area contributed by atoms with Crippen LogP contribution in [0, 0.1) is 0 Å². The van der Waals surface area contributed by atoms with Gasteiger partial charge in [0.05, 0.1) is 8.80 Å². The smallest absolute Gasteiger partial charge is 0.418 e. The first-order valence-corrected chi connectivity index (χ1v) is 7.48. The van der Waals surface area contributed by atoms with Gasteiger partial charge in [0.1, 0.15) is 0 Å². The summed E-state index contributed by atoms with van der Waals surface area (Å²) in [6, 6.07) is 2.56. The maximum atomic E-state index is 8.66. The first kappa shape index (κ1) is 12.6. The van der Waals surface area contributed by atoms with Crippen molar-refractivity contribution in [1.29, 1.82) is 0 Å². The molecule has 12 heavy (non-hydrogen) atoms. The molecule has 0 spiro atoms. The Labute approximate surface area is 81.4 Å². The van der Waals surface area contributed by atoms with Crippen LogP contribution in [0.3, 0.4) is 0 Å². The summed E-state index contributed by atoms with van der Waals surface area (Å²) in [5.41, 5.74) is 0.678. The predicted octanol–water partition coefficient (Wildman–Crippen LogP) is 1.61. The molecule has 2 N–H and O–H groups in total. The van der Waals surface area contributed by atoms with Crippen LogP contribution in [0.2, 0.25) is 17.6 Å². The van der Waals surface area contributed by atoms with E-state index in [1.165, 1.54) is 23.7 Å². The van der Waals surface area contributed by atoms with Gasteiger partial charge in [0, 0.05) is 0 Å². The summed E-state index contributed by atoms with van der Waals surface area (Å²) in [5, 5.41) is 17.3. The third-order valence-corrected chi connectivity index (χ3v) is 6.80. The lowest BCUT2D eigenvalue weighted by atomic mass is 10.4. The minimum absolute atomic E-state index is 0.240. The summed E-state index contributed by atoms with van der Waals surface area (Å²) in [6.45, 7) is 6.68. The summed E-state index contributed by atoms with van der Waals surface area (Å²) in [4.78, 5) is 0. The van der Waals surface area contributed by atoms with Crippen molar-refractivity contribution in [3.8, 4) is 0 Å². The lowest BCUT2D eigenvalue weighted by Gasteiger charge is -2.18. The Balaban J connectivity index is 3.61. The fourth-order valence-electron chi connectivity index (χ4n) is 1.30. The van der Waals surface area contributed by atoms with Crippen molar-refractivity contribution in [2.45, 2.75) is 38.4 Å². The van der Waals surface area contributed by atoms with E-state index in [0.29, 0.717) is 5.54 Å². The van der Waals surface area contributed by atoms with Crippen LogP contribution in [0.25, 0.3) is 0 Å². The SMILES string of the molecule is CC[Si](CC)C(C)CSB(O)O. The highest BCUT2D eigenvalue weighted by atomic mass is 32.2. The zero-order chi connectivity index (χ0) is 9.56. The number of hydrogen-bond donors (Lipinski definition) is 2. The molecule has 0 aliphatic heterocycles. The van der Waals surface area contributed by atoms with Crippen molar-refractivity contribution in [3.05, 3.63) is 0 Å². The average Bonchev–Trinajstić information content (AvgIpc) is 2.03. The van der Waals surface area contributed by atoms with E-state index in [4.69, 9.17) is 10.0 Å². The Bertz CT molecular complexity index is 112. The van der Waals surface area contributed by atoms with Crippen LogP contribution < -0.4 is 0 Å². The molecule has 0 saturated heterocycles. The highest BCUT2D eigenvalue weighted by Crippen LogP contribution is 2.21. The molecule has 0 bridgehead atoms.